The Morgan fingerprint density at radius 3 is 3.04 bits per heavy atom. The monoisotopic (exact) mass is 419 g/mol. The number of benzene rings is 2. The highest BCUT2D eigenvalue weighted by Crippen LogP contribution is 2.38. The normalized spacial score (nSPS) is 15.9. The van der Waals surface area contributed by atoms with Crippen LogP contribution in [0.4, 0.5) is 10.8 Å². The van der Waals surface area contributed by atoms with Crippen molar-refractivity contribution in [1.82, 2.24) is 4.98 Å². The second-order valence-corrected chi connectivity index (χ2v) is 8.53. The molecular weight excluding hydrogens is 406 g/mol. The van der Waals surface area contributed by atoms with Crippen LogP contribution in [-0.2, 0) is 9.59 Å². The highest BCUT2D eigenvalue weighted by Gasteiger charge is 2.29. The molecule has 3 aromatic rings. The molecular formula is C18H14ClN3O3S2. The summed E-state index contributed by atoms with van der Waals surface area (Å²) < 4.78 is 6.21. The van der Waals surface area contributed by atoms with Crippen molar-refractivity contribution in [1.29, 1.82) is 0 Å². The van der Waals surface area contributed by atoms with Gasteiger partial charge in [0.25, 0.3) is 0 Å². The summed E-state index contributed by atoms with van der Waals surface area (Å²) in [5.41, 5.74) is 1.38. The largest absolute Gasteiger partial charge is 0.494 e. The molecule has 0 bridgehead atoms. The van der Waals surface area contributed by atoms with Crippen LogP contribution in [-0.4, -0.2) is 29.2 Å². The summed E-state index contributed by atoms with van der Waals surface area (Å²) >= 11 is 8.67. The van der Waals surface area contributed by atoms with Crippen molar-refractivity contribution >= 4 is 67.5 Å². The molecule has 2 amide bonds. The van der Waals surface area contributed by atoms with E-state index in [0.717, 1.165) is 9.60 Å². The number of hydrogen-bond acceptors (Lipinski definition) is 6. The lowest BCUT2D eigenvalue weighted by Gasteiger charge is -2.23. The number of thioether (sulfide) groups is 1. The van der Waals surface area contributed by atoms with Gasteiger partial charge in [-0.25, -0.2) is 4.98 Å². The maximum absolute atomic E-state index is 12.4. The van der Waals surface area contributed by atoms with Gasteiger partial charge in [-0.05, 0) is 30.3 Å². The number of nitrogens with one attached hydrogen (secondary N) is 2. The van der Waals surface area contributed by atoms with Crippen molar-refractivity contribution in [2.45, 2.75) is 16.6 Å². The molecule has 1 unspecified atom stereocenters. The maximum atomic E-state index is 12.4. The Hall–Kier alpha value is -2.29. The number of carbonyl (C=O) groups excluding carboxylic acids is 2. The molecule has 0 saturated heterocycles. The van der Waals surface area contributed by atoms with E-state index in [1.165, 1.54) is 23.1 Å². The fraction of sp³-hybridized carbons (Fsp3) is 0.167. The number of methoxy groups -OCH3 is 1. The summed E-state index contributed by atoms with van der Waals surface area (Å²) in [5.74, 6) is 0.177. The lowest BCUT2D eigenvalue weighted by Crippen LogP contribution is -2.32. The van der Waals surface area contributed by atoms with Crippen molar-refractivity contribution in [2.75, 3.05) is 17.7 Å². The first kappa shape index (κ1) is 18.1. The summed E-state index contributed by atoms with van der Waals surface area (Å²) in [4.78, 5) is 30.0. The third-order valence-electron chi connectivity index (χ3n) is 3.98. The second-order valence-electron chi connectivity index (χ2n) is 5.81. The van der Waals surface area contributed by atoms with Crippen LogP contribution < -0.4 is 15.4 Å². The number of rotatable bonds is 4. The molecule has 0 radical (unpaired) electrons. The molecule has 27 heavy (non-hydrogen) atoms. The first-order valence-corrected chi connectivity index (χ1v) is 10.1. The molecule has 0 fully saturated rings. The summed E-state index contributed by atoms with van der Waals surface area (Å²) in [5, 5.41) is 6.11. The maximum Gasteiger partial charge on any atom is 0.238 e. The summed E-state index contributed by atoms with van der Waals surface area (Å²) in [6.07, 6.45) is 0.0472. The van der Waals surface area contributed by atoms with Crippen molar-refractivity contribution in [2.24, 2.45) is 0 Å². The van der Waals surface area contributed by atoms with Crippen LogP contribution in [0, 0.1) is 0 Å². The molecule has 0 spiro atoms. The van der Waals surface area contributed by atoms with E-state index in [1.807, 2.05) is 24.3 Å². The van der Waals surface area contributed by atoms with Gasteiger partial charge in [0.1, 0.15) is 11.3 Å². The molecule has 9 heteroatoms. The number of nitrogens with zero attached hydrogens (tertiary/aromatic N) is 1. The molecule has 1 aliphatic rings. The highest BCUT2D eigenvalue weighted by molar-refractivity contribution is 8.01. The zero-order valence-electron chi connectivity index (χ0n) is 14.1. The number of hydrogen-bond donors (Lipinski definition) is 2. The van der Waals surface area contributed by atoms with Crippen LogP contribution in [0.25, 0.3) is 10.2 Å². The number of carbonyl (C=O) groups is 2. The fourth-order valence-corrected chi connectivity index (χ4v) is 4.90. The van der Waals surface area contributed by atoms with Gasteiger partial charge in [0.05, 0.1) is 22.7 Å². The van der Waals surface area contributed by atoms with E-state index in [-0.39, 0.29) is 18.2 Å². The zero-order chi connectivity index (χ0) is 19.0. The standard InChI is InChI=1S/C18H14ClN3O3S2/c1-25-11-3-2-4-13-16(11)22-18(27-13)21-15(23)8-14-17(24)20-10-7-9(19)5-6-12(10)26-14/h2-7,14H,8H2,1H3,(H,20,24)(H,21,22,23). The van der Waals surface area contributed by atoms with Gasteiger partial charge in [0.15, 0.2) is 5.13 Å². The van der Waals surface area contributed by atoms with Crippen molar-refractivity contribution in [3.05, 3.63) is 41.4 Å². The van der Waals surface area contributed by atoms with Crippen LogP contribution in [0.1, 0.15) is 6.42 Å². The summed E-state index contributed by atoms with van der Waals surface area (Å²) in [7, 11) is 1.58. The number of aromatic nitrogens is 1. The molecule has 0 saturated carbocycles. The van der Waals surface area contributed by atoms with Gasteiger partial charge in [-0.2, -0.15) is 0 Å². The van der Waals surface area contributed by atoms with E-state index in [4.69, 9.17) is 16.3 Å². The average molecular weight is 420 g/mol. The van der Waals surface area contributed by atoms with E-state index in [9.17, 15) is 9.59 Å². The van der Waals surface area contributed by atoms with Crippen LogP contribution in [0.2, 0.25) is 5.02 Å². The SMILES string of the molecule is COc1cccc2sc(NC(=O)CC3Sc4ccc(Cl)cc4NC3=O)nc12. The molecule has 1 aromatic heterocycles. The molecule has 2 N–H and O–H groups in total. The Labute approximate surface area is 168 Å². The lowest BCUT2D eigenvalue weighted by molar-refractivity contribution is -0.120. The molecule has 138 valence electrons. The molecule has 4 rings (SSSR count). The van der Waals surface area contributed by atoms with Gasteiger partial charge >= 0.3 is 0 Å². The zero-order valence-corrected chi connectivity index (χ0v) is 16.5. The van der Waals surface area contributed by atoms with Crippen molar-refractivity contribution in [3.63, 3.8) is 0 Å². The predicted molar refractivity (Wildman–Crippen MR) is 109 cm³/mol. The first-order chi connectivity index (χ1) is 13.0. The Balaban J connectivity index is 1.47. The first-order valence-electron chi connectivity index (χ1n) is 8.04. The quantitative estimate of drug-likeness (QED) is 0.655. The lowest BCUT2D eigenvalue weighted by atomic mass is 10.2. The van der Waals surface area contributed by atoms with Crippen LogP contribution in [0.15, 0.2) is 41.3 Å². The van der Waals surface area contributed by atoms with E-state index in [1.54, 1.807) is 19.2 Å². The Morgan fingerprint density at radius 1 is 1.37 bits per heavy atom. The Kier molecular flexibility index (Phi) is 4.94. The molecule has 2 aromatic carbocycles. The van der Waals surface area contributed by atoms with Gasteiger partial charge in [0.2, 0.25) is 11.8 Å². The Morgan fingerprint density at radius 2 is 2.22 bits per heavy atom. The molecule has 6 nitrogen and oxygen atoms in total. The predicted octanol–water partition coefficient (Wildman–Crippen LogP) is 4.40. The minimum atomic E-state index is -0.511. The number of amides is 2. The number of anilines is 2. The highest BCUT2D eigenvalue weighted by atomic mass is 35.5. The smallest absolute Gasteiger partial charge is 0.238 e. The topological polar surface area (TPSA) is 80.3 Å². The van der Waals surface area contributed by atoms with Crippen molar-refractivity contribution in [3.8, 4) is 5.75 Å². The van der Waals surface area contributed by atoms with Gasteiger partial charge < -0.3 is 15.4 Å². The number of ether oxygens (including phenoxy) is 1. The number of fused-ring (bicyclic) bond motifs is 2. The number of para-hydroxylation sites is 1. The Bertz CT molecular complexity index is 1050. The van der Waals surface area contributed by atoms with Crippen molar-refractivity contribution < 1.29 is 14.3 Å². The van der Waals surface area contributed by atoms with E-state index in [2.05, 4.69) is 15.6 Å². The van der Waals surface area contributed by atoms with Crippen LogP contribution in [0.5, 0.6) is 5.75 Å². The average Bonchev–Trinajstić information content (AvgIpc) is 3.04. The fourth-order valence-electron chi connectivity index (χ4n) is 2.74. The van der Waals surface area contributed by atoms with E-state index in [0.29, 0.717) is 27.1 Å². The summed E-state index contributed by atoms with van der Waals surface area (Å²) in [6, 6.07) is 10.9. The van der Waals surface area contributed by atoms with Crippen LogP contribution >= 0.6 is 34.7 Å². The third kappa shape index (κ3) is 3.73. The van der Waals surface area contributed by atoms with E-state index < -0.39 is 5.25 Å². The second kappa shape index (κ2) is 7.38. The summed E-state index contributed by atoms with van der Waals surface area (Å²) in [6.45, 7) is 0. The molecule has 1 atom stereocenters. The number of thiazole rings is 1. The van der Waals surface area contributed by atoms with Gasteiger partial charge in [-0.3, -0.25) is 9.59 Å². The van der Waals surface area contributed by atoms with Gasteiger partial charge in [-0.15, -0.1) is 11.8 Å². The minimum absolute atomic E-state index is 0.0472. The number of halogens is 1. The molecule has 2 heterocycles. The minimum Gasteiger partial charge on any atom is -0.494 e. The molecule has 0 aliphatic carbocycles. The van der Waals surface area contributed by atoms with Crippen LogP contribution in [0.3, 0.4) is 0 Å². The molecule has 1 aliphatic heterocycles. The van der Waals surface area contributed by atoms with Gasteiger partial charge in [0, 0.05) is 16.3 Å². The van der Waals surface area contributed by atoms with E-state index >= 15 is 0 Å². The van der Waals surface area contributed by atoms with Gasteiger partial charge in [-0.1, -0.05) is 29.0 Å². The third-order valence-corrected chi connectivity index (χ3v) is 6.43.